The van der Waals surface area contributed by atoms with Crippen LogP contribution in [0.3, 0.4) is 0 Å². The molecule has 0 unspecified atom stereocenters. The molecule has 0 aliphatic heterocycles. The standard InChI is InChI=1S/C6H11N3O2S/c1-7-12(10,11)5-4-9-3-2-8-6-9/h2-3,6-7H,4-5H2,1H3. The Labute approximate surface area is 71.5 Å². The lowest BCUT2D eigenvalue weighted by molar-refractivity contribution is 0.581. The van der Waals surface area contributed by atoms with Crippen LogP contribution < -0.4 is 4.72 Å². The topological polar surface area (TPSA) is 64.0 Å². The zero-order valence-corrected chi connectivity index (χ0v) is 7.58. The van der Waals surface area contributed by atoms with Gasteiger partial charge in [-0.2, -0.15) is 0 Å². The highest BCUT2D eigenvalue weighted by Gasteiger charge is 2.05. The van der Waals surface area contributed by atoms with Gasteiger partial charge in [-0.15, -0.1) is 0 Å². The summed E-state index contributed by atoms with van der Waals surface area (Å²) < 4.78 is 25.9. The summed E-state index contributed by atoms with van der Waals surface area (Å²) in [6.07, 6.45) is 4.93. The van der Waals surface area contributed by atoms with E-state index in [0.717, 1.165) is 0 Å². The molecule has 0 bridgehead atoms. The molecule has 0 saturated carbocycles. The number of aromatic nitrogens is 2. The van der Waals surface area contributed by atoms with E-state index < -0.39 is 10.0 Å². The molecule has 1 aromatic rings. The average molecular weight is 189 g/mol. The number of imidazole rings is 1. The molecule has 1 aromatic heterocycles. The van der Waals surface area contributed by atoms with Crippen molar-refractivity contribution in [1.29, 1.82) is 0 Å². The molecule has 0 atom stereocenters. The van der Waals surface area contributed by atoms with E-state index in [2.05, 4.69) is 9.71 Å². The summed E-state index contributed by atoms with van der Waals surface area (Å²) in [6, 6.07) is 0. The number of hydrogen-bond donors (Lipinski definition) is 1. The Morgan fingerprint density at radius 1 is 1.58 bits per heavy atom. The quantitative estimate of drug-likeness (QED) is 0.690. The predicted octanol–water partition coefficient (Wildman–Crippen LogP) is -0.568. The lowest BCUT2D eigenvalue weighted by Crippen LogP contribution is -2.24. The van der Waals surface area contributed by atoms with E-state index in [1.165, 1.54) is 7.05 Å². The van der Waals surface area contributed by atoms with Crippen LogP contribution in [0.5, 0.6) is 0 Å². The monoisotopic (exact) mass is 189 g/mol. The van der Waals surface area contributed by atoms with Crippen molar-refractivity contribution in [2.75, 3.05) is 12.8 Å². The van der Waals surface area contributed by atoms with E-state index in [-0.39, 0.29) is 5.75 Å². The third kappa shape index (κ3) is 2.63. The van der Waals surface area contributed by atoms with E-state index >= 15 is 0 Å². The first-order chi connectivity index (χ1) is 5.64. The number of sulfonamides is 1. The molecular weight excluding hydrogens is 178 g/mol. The van der Waals surface area contributed by atoms with Crippen LogP contribution in [0.25, 0.3) is 0 Å². The van der Waals surface area contributed by atoms with Gasteiger partial charge in [-0.3, -0.25) is 0 Å². The SMILES string of the molecule is CNS(=O)(=O)CCn1ccnc1. The molecule has 0 amide bonds. The summed E-state index contributed by atoms with van der Waals surface area (Å²) in [5.74, 6) is 0.0832. The first kappa shape index (κ1) is 9.21. The number of aryl methyl sites for hydroxylation is 1. The largest absolute Gasteiger partial charge is 0.336 e. The second-order valence-electron chi connectivity index (χ2n) is 2.32. The average Bonchev–Trinajstić information content (AvgIpc) is 2.53. The van der Waals surface area contributed by atoms with Gasteiger partial charge < -0.3 is 4.57 Å². The Bertz CT molecular complexity index is 317. The van der Waals surface area contributed by atoms with Gasteiger partial charge >= 0.3 is 0 Å². The van der Waals surface area contributed by atoms with Crippen molar-refractivity contribution in [3.8, 4) is 0 Å². The number of rotatable bonds is 4. The fourth-order valence-electron chi connectivity index (χ4n) is 0.747. The maximum absolute atomic E-state index is 10.9. The van der Waals surface area contributed by atoms with Crippen molar-refractivity contribution < 1.29 is 8.42 Å². The van der Waals surface area contributed by atoms with Crippen LogP contribution in [0.4, 0.5) is 0 Å². The molecule has 0 saturated heterocycles. The molecule has 1 N–H and O–H groups in total. The molecule has 6 heteroatoms. The Morgan fingerprint density at radius 2 is 2.33 bits per heavy atom. The molecule has 1 rings (SSSR count). The van der Waals surface area contributed by atoms with Crippen LogP contribution in [0.2, 0.25) is 0 Å². The van der Waals surface area contributed by atoms with Gasteiger partial charge in [-0.05, 0) is 7.05 Å². The zero-order chi connectivity index (χ0) is 9.03. The van der Waals surface area contributed by atoms with E-state index in [9.17, 15) is 8.42 Å². The summed E-state index contributed by atoms with van der Waals surface area (Å²) >= 11 is 0. The minimum absolute atomic E-state index is 0.0832. The smallest absolute Gasteiger partial charge is 0.213 e. The second-order valence-corrected chi connectivity index (χ2v) is 4.37. The summed E-state index contributed by atoms with van der Waals surface area (Å²) in [5, 5.41) is 0. The minimum atomic E-state index is -3.09. The first-order valence-corrected chi connectivity index (χ1v) is 5.16. The van der Waals surface area contributed by atoms with E-state index in [4.69, 9.17) is 0 Å². The number of nitrogens with one attached hydrogen (secondary N) is 1. The molecule has 0 aliphatic rings. The highest BCUT2D eigenvalue weighted by Crippen LogP contribution is 1.89. The van der Waals surface area contributed by atoms with Gasteiger partial charge in [0.05, 0.1) is 12.1 Å². The summed E-state index contributed by atoms with van der Waals surface area (Å²) in [6.45, 7) is 0.434. The second kappa shape index (κ2) is 3.68. The Balaban J connectivity index is 2.47. The Hall–Kier alpha value is -0.880. The lowest BCUT2D eigenvalue weighted by atomic mass is 10.7. The van der Waals surface area contributed by atoms with Gasteiger partial charge in [0.1, 0.15) is 0 Å². The molecule has 0 aromatic carbocycles. The van der Waals surface area contributed by atoms with Crippen molar-refractivity contribution in [2.45, 2.75) is 6.54 Å². The van der Waals surface area contributed by atoms with Gasteiger partial charge in [0.2, 0.25) is 10.0 Å². The molecule has 5 nitrogen and oxygen atoms in total. The van der Waals surface area contributed by atoms with E-state index in [1.54, 1.807) is 23.3 Å². The van der Waals surface area contributed by atoms with Crippen molar-refractivity contribution >= 4 is 10.0 Å². The van der Waals surface area contributed by atoms with E-state index in [1.807, 2.05) is 0 Å². The highest BCUT2D eigenvalue weighted by atomic mass is 32.2. The molecule has 0 fully saturated rings. The minimum Gasteiger partial charge on any atom is -0.336 e. The van der Waals surface area contributed by atoms with Gasteiger partial charge in [-0.1, -0.05) is 0 Å². The third-order valence-electron chi connectivity index (χ3n) is 1.49. The van der Waals surface area contributed by atoms with Crippen molar-refractivity contribution in [1.82, 2.24) is 14.3 Å². The predicted molar refractivity (Wildman–Crippen MR) is 45.1 cm³/mol. The Kier molecular flexibility index (Phi) is 2.83. The lowest BCUT2D eigenvalue weighted by Gasteiger charge is -2.02. The van der Waals surface area contributed by atoms with Crippen molar-refractivity contribution in [3.05, 3.63) is 18.7 Å². The zero-order valence-electron chi connectivity index (χ0n) is 6.77. The molecule has 12 heavy (non-hydrogen) atoms. The molecule has 0 aliphatic carbocycles. The molecule has 1 heterocycles. The third-order valence-corrected chi connectivity index (χ3v) is 2.83. The summed E-state index contributed by atoms with van der Waals surface area (Å²) in [5.41, 5.74) is 0. The normalized spacial score (nSPS) is 11.8. The van der Waals surface area contributed by atoms with Gasteiger partial charge in [0.25, 0.3) is 0 Å². The van der Waals surface area contributed by atoms with Gasteiger partial charge in [0.15, 0.2) is 0 Å². The number of hydrogen-bond acceptors (Lipinski definition) is 3. The fourth-order valence-corrected chi connectivity index (χ4v) is 1.40. The highest BCUT2D eigenvalue weighted by molar-refractivity contribution is 7.89. The van der Waals surface area contributed by atoms with Crippen LogP contribution in [-0.4, -0.2) is 30.8 Å². The first-order valence-electron chi connectivity index (χ1n) is 3.51. The summed E-state index contributed by atoms with van der Waals surface area (Å²) in [4.78, 5) is 3.80. The van der Waals surface area contributed by atoms with Crippen LogP contribution in [-0.2, 0) is 16.6 Å². The van der Waals surface area contributed by atoms with Crippen molar-refractivity contribution in [2.24, 2.45) is 0 Å². The van der Waals surface area contributed by atoms with Crippen LogP contribution in [0.15, 0.2) is 18.7 Å². The summed E-state index contributed by atoms with van der Waals surface area (Å²) in [7, 11) is -1.69. The van der Waals surface area contributed by atoms with Crippen LogP contribution >= 0.6 is 0 Å². The van der Waals surface area contributed by atoms with Gasteiger partial charge in [0, 0.05) is 18.9 Å². The maximum Gasteiger partial charge on any atom is 0.213 e. The van der Waals surface area contributed by atoms with Crippen LogP contribution in [0.1, 0.15) is 0 Å². The fraction of sp³-hybridized carbons (Fsp3) is 0.500. The molecular formula is C6H11N3O2S. The molecule has 0 radical (unpaired) electrons. The Morgan fingerprint density at radius 3 is 2.83 bits per heavy atom. The maximum atomic E-state index is 10.9. The van der Waals surface area contributed by atoms with Crippen LogP contribution in [0, 0.1) is 0 Å². The molecule has 68 valence electrons. The number of nitrogens with zero attached hydrogens (tertiary/aromatic N) is 2. The van der Waals surface area contributed by atoms with Gasteiger partial charge in [-0.25, -0.2) is 18.1 Å². The van der Waals surface area contributed by atoms with Crippen molar-refractivity contribution in [3.63, 3.8) is 0 Å². The van der Waals surface area contributed by atoms with E-state index in [0.29, 0.717) is 6.54 Å². The molecule has 0 spiro atoms.